The second-order valence-corrected chi connectivity index (χ2v) is 18.3. The lowest BCUT2D eigenvalue weighted by molar-refractivity contribution is 0.332. The van der Waals surface area contributed by atoms with E-state index < -0.39 is 0 Å². The molecule has 12 rings (SSSR count). The van der Waals surface area contributed by atoms with Crippen molar-refractivity contribution in [3.63, 3.8) is 0 Å². The van der Waals surface area contributed by atoms with Crippen LogP contribution in [0, 0.1) is 13.8 Å². The molecule has 5 heterocycles. The molecule has 0 spiro atoms. The molecule has 3 nitrogen and oxygen atoms in total. The number of aryl methyl sites for hydroxylation is 2. The van der Waals surface area contributed by atoms with Crippen molar-refractivity contribution in [3.8, 4) is 11.1 Å². The average Bonchev–Trinajstić information content (AvgIpc) is 3.82. The molecule has 0 N–H and O–H groups in total. The van der Waals surface area contributed by atoms with Gasteiger partial charge in [-0.15, -0.1) is 11.3 Å². The molecule has 0 saturated carbocycles. The average molecular weight is 703 g/mol. The van der Waals surface area contributed by atoms with E-state index in [4.69, 9.17) is 4.42 Å². The highest BCUT2D eigenvalue weighted by molar-refractivity contribution is 7.26. The summed E-state index contributed by atoms with van der Waals surface area (Å²) in [6, 6.07) is 39.2. The summed E-state index contributed by atoms with van der Waals surface area (Å²) in [6.07, 6.45) is 2.39. The van der Waals surface area contributed by atoms with E-state index in [1.165, 1.54) is 116 Å². The first-order valence-electron chi connectivity index (χ1n) is 19.1. The largest absolute Gasteiger partial charge is 0.441 e. The van der Waals surface area contributed by atoms with Crippen LogP contribution in [0.15, 0.2) is 108 Å². The van der Waals surface area contributed by atoms with Gasteiger partial charge < -0.3 is 13.8 Å². The molecule has 3 aromatic heterocycles. The number of thiophene rings is 1. The zero-order chi connectivity index (χ0) is 35.7. The predicted octanol–water partition coefficient (Wildman–Crippen LogP) is 12.3. The summed E-state index contributed by atoms with van der Waals surface area (Å²) < 4.78 is 12.2. The Bertz CT molecular complexity index is 3120. The molecule has 2 aliphatic heterocycles. The fourth-order valence-electron chi connectivity index (χ4n) is 10.5. The van der Waals surface area contributed by atoms with Gasteiger partial charge in [0.1, 0.15) is 5.58 Å². The highest BCUT2D eigenvalue weighted by atomic mass is 32.1. The lowest BCUT2D eigenvalue weighted by Gasteiger charge is -2.44. The zero-order valence-corrected chi connectivity index (χ0v) is 31.8. The minimum Gasteiger partial charge on any atom is -0.441 e. The minimum absolute atomic E-state index is 0.0507. The van der Waals surface area contributed by atoms with Gasteiger partial charge in [-0.1, -0.05) is 107 Å². The molecule has 9 aromatic rings. The van der Waals surface area contributed by atoms with Crippen LogP contribution in [0.4, 0.5) is 17.1 Å². The molecule has 0 radical (unpaired) electrons. The number of fused-ring (bicyclic) bond motifs is 14. The lowest BCUT2D eigenvalue weighted by Crippen LogP contribution is -2.56. The number of hydrogen-bond donors (Lipinski definition) is 0. The van der Waals surface area contributed by atoms with Crippen LogP contribution in [-0.2, 0) is 10.8 Å². The first-order valence-corrected chi connectivity index (χ1v) is 19.9. The van der Waals surface area contributed by atoms with Crippen LogP contribution in [0.3, 0.4) is 0 Å². The smallest absolute Gasteiger partial charge is 0.336 e. The zero-order valence-electron chi connectivity index (χ0n) is 31.0. The topological polar surface area (TPSA) is 21.3 Å². The summed E-state index contributed by atoms with van der Waals surface area (Å²) in [7, 11) is 0. The summed E-state index contributed by atoms with van der Waals surface area (Å²) >= 11 is 1.94. The first kappa shape index (κ1) is 30.2. The fourth-order valence-corrected chi connectivity index (χ4v) is 11.7. The van der Waals surface area contributed by atoms with Crippen LogP contribution in [-0.4, -0.2) is 11.3 Å². The van der Waals surface area contributed by atoms with Gasteiger partial charge in [0.05, 0.1) is 15.8 Å². The van der Waals surface area contributed by atoms with Crippen LogP contribution in [0.2, 0.25) is 0 Å². The Morgan fingerprint density at radius 3 is 2.25 bits per heavy atom. The van der Waals surface area contributed by atoms with Crippen LogP contribution in [0.1, 0.15) is 62.8 Å². The van der Waals surface area contributed by atoms with E-state index >= 15 is 0 Å². The van der Waals surface area contributed by atoms with Crippen molar-refractivity contribution >= 4 is 99.3 Å². The fraction of sp³-hybridized carbons (Fsp3) is 0.208. The maximum Gasteiger partial charge on any atom is 0.336 e. The summed E-state index contributed by atoms with van der Waals surface area (Å²) in [6.45, 7) is 14.3. The monoisotopic (exact) mass is 702 g/mol. The van der Waals surface area contributed by atoms with E-state index in [1.54, 1.807) is 0 Å². The van der Waals surface area contributed by atoms with Crippen molar-refractivity contribution in [2.45, 2.75) is 65.2 Å². The minimum atomic E-state index is -0.0507. The summed E-state index contributed by atoms with van der Waals surface area (Å²) in [5.74, 6) is 0. The molecule has 0 atom stereocenters. The number of hydrogen-bond acceptors (Lipinski definition) is 3. The molecule has 53 heavy (non-hydrogen) atoms. The Labute approximate surface area is 313 Å². The molecular formula is C48H39BN2OS. The molecule has 0 bridgehead atoms. The second-order valence-electron chi connectivity index (χ2n) is 17.3. The summed E-state index contributed by atoms with van der Waals surface area (Å²) in [5.41, 5.74) is 18.2. The molecule has 0 amide bonds. The van der Waals surface area contributed by atoms with Gasteiger partial charge in [0, 0.05) is 48.7 Å². The number of nitrogens with zero attached hydrogens (tertiary/aromatic N) is 2. The number of anilines is 3. The Hall–Kier alpha value is -5.26. The highest BCUT2D eigenvalue weighted by Crippen LogP contribution is 2.53. The van der Waals surface area contributed by atoms with Gasteiger partial charge in [-0.2, -0.15) is 0 Å². The van der Waals surface area contributed by atoms with Crippen molar-refractivity contribution in [2.24, 2.45) is 0 Å². The Morgan fingerprint density at radius 1 is 0.679 bits per heavy atom. The van der Waals surface area contributed by atoms with Gasteiger partial charge in [0.15, 0.2) is 5.71 Å². The normalized spacial score (nSPS) is 16.6. The summed E-state index contributed by atoms with van der Waals surface area (Å²) in [4.78, 5) is 2.67. The molecule has 3 aliphatic rings. The Balaban J connectivity index is 1.27. The molecule has 0 unspecified atom stereocenters. The van der Waals surface area contributed by atoms with Gasteiger partial charge >= 0.3 is 6.85 Å². The molecule has 6 aromatic carbocycles. The lowest BCUT2D eigenvalue weighted by atomic mass is 9.45. The molecular weight excluding hydrogens is 663 g/mol. The molecule has 0 saturated heterocycles. The van der Waals surface area contributed by atoms with E-state index in [2.05, 4.69) is 154 Å². The summed E-state index contributed by atoms with van der Waals surface area (Å²) in [5, 5.41) is 6.31. The van der Waals surface area contributed by atoms with E-state index in [9.17, 15) is 0 Å². The third kappa shape index (κ3) is 3.71. The van der Waals surface area contributed by atoms with Crippen molar-refractivity contribution < 1.29 is 4.42 Å². The third-order valence-corrected chi connectivity index (χ3v) is 14.4. The van der Waals surface area contributed by atoms with Crippen molar-refractivity contribution in [1.29, 1.82) is 0 Å². The van der Waals surface area contributed by atoms with Crippen molar-refractivity contribution in [2.75, 3.05) is 4.90 Å². The van der Waals surface area contributed by atoms with E-state index in [0.29, 0.717) is 0 Å². The molecule has 0 fully saturated rings. The Morgan fingerprint density at radius 2 is 1.42 bits per heavy atom. The number of para-hydroxylation sites is 2. The number of aromatic nitrogens is 1. The quantitative estimate of drug-likeness (QED) is 0.159. The highest BCUT2D eigenvalue weighted by Gasteiger charge is 2.46. The van der Waals surface area contributed by atoms with Gasteiger partial charge in [-0.25, -0.2) is 0 Å². The van der Waals surface area contributed by atoms with Crippen LogP contribution in [0.5, 0.6) is 0 Å². The third-order valence-electron chi connectivity index (χ3n) is 13.2. The van der Waals surface area contributed by atoms with E-state index in [-0.39, 0.29) is 17.7 Å². The van der Waals surface area contributed by atoms with Crippen molar-refractivity contribution in [1.82, 2.24) is 4.48 Å². The standard InChI is InChI=1S/C48H39BN2OS/c1-26-22-33-29-14-11-15-32-41-31-13-7-9-16-39(31)52-46(41)51(43(29)32)49-36-19-18-30-28-12-8-10-17-40(28)53-45(30)44(36)50(38(23-26)42(33)49)37-25-35-34(24-27(37)2)47(3,4)20-21-48(35,5)6/h7-19,22-25H,20-21H2,1-6H3. The first-order chi connectivity index (χ1) is 25.6. The number of furan rings is 1. The van der Waals surface area contributed by atoms with Crippen LogP contribution in [0.25, 0.3) is 64.3 Å². The van der Waals surface area contributed by atoms with Gasteiger partial charge in [0.25, 0.3) is 0 Å². The molecule has 1 aliphatic carbocycles. The maximum absolute atomic E-state index is 6.92. The molecule has 5 heteroatoms. The van der Waals surface area contributed by atoms with E-state index in [1.807, 2.05) is 11.3 Å². The van der Waals surface area contributed by atoms with Gasteiger partial charge in [0.2, 0.25) is 0 Å². The van der Waals surface area contributed by atoms with Gasteiger partial charge in [-0.3, -0.25) is 0 Å². The van der Waals surface area contributed by atoms with Crippen LogP contribution < -0.4 is 15.8 Å². The number of benzene rings is 6. The Kier molecular flexibility index (Phi) is 5.61. The maximum atomic E-state index is 6.92. The van der Waals surface area contributed by atoms with Gasteiger partial charge in [-0.05, 0) is 101 Å². The molecule has 256 valence electrons. The second kappa shape index (κ2) is 9.83. The SMILES string of the molecule is Cc1cc2c3c(c1)N(c1cc4c(cc1C)C(C)(C)CCC4(C)C)c1c(ccc4c1sc1ccccc14)B3n1c3oc4ccccc4c3c3cccc-2c31. The van der Waals surface area contributed by atoms with Crippen LogP contribution >= 0.6 is 11.3 Å². The van der Waals surface area contributed by atoms with E-state index in [0.717, 1.165) is 11.3 Å². The number of rotatable bonds is 1. The van der Waals surface area contributed by atoms with Crippen molar-refractivity contribution in [3.05, 3.63) is 125 Å². The predicted molar refractivity (Wildman–Crippen MR) is 227 cm³/mol.